The van der Waals surface area contributed by atoms with Crippen LogP contribution in [0.15, 0.2) is 52.1 Å². The largest absolute Gasteiger partial charge is 0.352 e. The van der Waals surface area contributed by atoms with Crippen LogP contribution >= 0.6 is 11.3 Å². The smallest absolute Gasteiger partial charge is 0.252 e. The average Bonchev–Trinajstić information content (AvgIpc) is 3.16. The van der Waals surface area contributed by atoms with Crippen molar-refractivity contribution in [1.82, 2.24) is 9.62 Å². The maximum absolute atomic E-state index is 12.7. The highest BCUT2D eigenvalue weighted by Crippen LogP contribution is 2.33. The first kappa shape index (κ1) is 18.1. The van der Waals surface area contributed by atoms with Crippen LogP contribution in [-0.4, -0.2) is 31.7 Å². The molecule has 0 spiro atoms. The van der Waals surface area contributed by atoms with Gasteiger partial charge < -0.3 is 5.32 Å². The zero-order valence-electron chi connectivity index (χ0n) is 14.1. The monoisotopic (exact) mass is 378 g/mol. The zero-order valence-corrected chi connectivity index (χ0v) is 15.8. The fraction of sp³-hybridized carbons (Fsp3) is 0.389. The van der Waals surface area contributed by atoms with Gasteiger partial charge in [0.25, 0.3) is 10.0 Å². The summed E-state index contributed by atoms with van der Waals surface area (Å²) >= 11 is 1.21. The van der Waals surface area contributed by atoms with E-state index in [1.165, 1.54) is 15.6 Å². The van der Waals surface area contributed by atoms with E-state index in [2.05, 4.69) is 5.32 Å². The van der Waals surface area contributed by atoms with E-state index in [-0.39, 0.29) is 12.5 Å². The van der Waals surface area contributed by atoms with Gasteiger partial charge >= 0.3 is 0 Å². The number of nitrogens with one attached hydrogen (secondary N) is 1. The van der Waals surface area contributed by atoms with Crippen molar-refractivity contribution in [2.45, 2.75) is 30.5 Å². The molecule has 1 aromatic heterocycles. The first-order valence-electron chi connectivity index (χ1n) is 8.28. The van der Waals surface area contributed by atoms with Crippen molar-refractivity contribution in [3.05, 3.63) is 53.4 Å². The lowest BCUT2D eigenvalue weighted by molar-refractivity contribution is -0.132. The van der Waals surface area contributed by atoms with Gasteiger partial charge in [0.2, 0.25) is 5.91 Å². The van der Waals surface area contributed by atoms with Crippen LogP contribution < -0.4 is 5.32 Å². The van der Waals surface area contributed by atoms with Crippen molar-refractivity contribution in [3.8, 4) is 0 Å². The van der Waals surface area contributed by atoms with Crippen molar-refractivity contribution in [3.63, 3.8) is 0 Å². The van der Waals surface area contributed by atoms with E-state index < -0.39 is 15.4 Å². The van der Waals surface area contributed by atoms with Gasteiger partial charge in [-0.1, -0.05) is 36.4 Å². The number of thiophene rings is 1. The standard InChI is InChI=1S/C18H22N2O3S2/c1-18(17(21)19-13-15-7-3-2-4-8-15)10-6-11-20(14-18)25(22,23)16-9-5-12-24-16/h2-5,7-9,12H,6,10-11,13-14H2,1H3,(H,19,21)/t18-/m1/s1. The molecule has 2 heterocycles. The van der Waals surface area contributed by atoms with Crippen LogP contribution in [-0.2, 0) is 21.4 Å². The third-order valence-corrected chi connectivity index (χ3v) is 7.81. The lowest BCUT2D eigenvalue weighted by Gasteiger charge is -2.38. The SMILES string of the molecule is C[C@@]1(C(=O)NCc2ccccc2)CCCN(S(=O)(=O)c2cccs2)C1. The number of amides is 1. The predicted octanol–water partition coefficient (Wildman–Crippen LogP) is 2.86. The Hall–Kier alpha value is -1.70. The average molecular weight is 379 g/mol. The van der Waals surface area contributed by atoms with E-state index in [0.717, 1.165) is 5.56 Å². The molecule has 1 aliphatic heterocycles. The highest BCUT2D eigenvalue weighted by molar-refractivity contribution is 7.91. The first-order chi connectivity index (χ1) is 11.9. The number of carbonyl (C=O) groups excluding carboxylic acids is 1. The molecular weight excluding hydrogens is 356 g/mol. The Balaban J connectivity index is 1.69. The molecule has 0 radical (unpaired) electrons. The van der Waals surface area contributed by atoms with Crippen molar-refractivity contribution < 1.29 is 13.2 Å². The maximum Gasteiger partial charge on any atom is 0.252 e. The fourth-order valence-corrected chi connectivity index (χ4v) is 5.86. The van der Waals surface area contributed by atoms with Crippen LogP contribution in [0.4, 0.5) is 0 Å². The molecular formula is C18H22N2O3S2. The van der Waals surface area contributed by atoms with Crippen LogP contribution in [0.5, 0.6) is 0 Å². The molecule has 5 nitrogen and oxygen atoms in total. The lowest BCUT2D eigenvalue weighted by atomic mass is 9.82. The van der Waals surface area contributed by atoms with E-state index in [0.29, 0.717) is 30.1 Å². The Labute approximate surface area is 152 Å². The van der Waals surface area contributed by atoms with Gasteiger partial charge in [0.1, 0.15) is 4.21 Å². The zero-order chi connectivity index (χ0) is 17.9. The number of hydrogen-bond donors (Lipinski definition) is 1. The number of hydrogen-bond acceptors (Lipinski definition) is 4. The third kappa shape index (κ3) is 3.94. The summed E-state index contributed by atoms with van der Waals surface area (Å²) in [7, 11) is -3.52. The van der Waals surface area contributed by atoms with Gasteiger partial charge in [-0.15, -0.1) is 11.3 Å². The Morgan fingerprint density at radius 3 is 2.68 bits per heavy atom. The van der Waals surface area contributed by atoms with Gasteiger partial charge in [-0.2, -0.15) is 4.31 Å². The number of rotatable bonds is 5. The maximum atomic E-state index is 12.7. The highest BCUT2D eigenvalue weighted by Gasteiger charge is 2.42. The van der Waals surface area contributed by atoms with E-state index in [1.54, 1.807) is 17.5 Å². The molecule has 134 valence electrons. The van der Waals surface area contributed by atoms with Gasteiger partial charge in [-0.05, 0) is 36.8 Å². The molecule has 1 amide bonds. The molecule has 1 atom stereocenters. The lowest BCUT2D eigenvalue weighted by Crippen LogP contribution is -2.51. The molecule has 2 aromatic rings. The summed E-state index contributed by atoms with van der Waals surface area (Å²) in [5, 5.41) is 4.71. The van der Waals surface area contributed by atoms with Gasteiger partial charge in [-0.25, -0.2) is 8.42 Å². The molecule has 25 heavy (non-hydrogen) atoms. The van der Waals surface area contributed by atoms with E-state index in [4.69, 9.17) is 0 Å². The molecule has 3 rings (SSSR count). The molecule has 1 N–H and O–H groups in total. The van der Waals surface area contributed by atoms with Crippen molar-refractivity contribution in [2.24, 2.45) is 5.41 Å². The minimum absolute atomic E-state index is 0.0950. The second-order valence-corrected chi connectivity index (χ2v) is 9.72. The molecule has 0 bridgehead atoms. The molecule has 1 fully saturated rings. The summed E-state index contributed by atoms with van der Waals surface area (Å²) in [6, 6.07) is 13.0. The Bertz CT molecular complexity index is 819. The third-order valence-electron chi connectivity index (χ3n) is 4.59. The molecule has 1 aromatic carbocycles. The van der Waals surface area contributed by atoms with E-state index in [1.807, 2.05) is 37.3 Å². The Morgan fingerprint density at radius 1 is 1.24 bits per heavy atom. The topological polar surface area (TPSA) is 66.5 Å². The van der Waals surface area contributed by atoms with Gasteiger partial charge in [0.05, 0.1) is 5.41 Å². The second-order valence-electron chi connectivity index (χ2n) is 6.60. The van der Waals surface area contributed by atoms with E-state index in [9.17, 15) is 13.2 Å². The van der Waals surface area contributed by atoms with Crippen LogP contribution in [0.2, 0.25) is 0 Å². The van der Waals surface area contributed by atoms with E-state index >= 15 is 0 Å². The van der Waals surface area contributed by atoms with Gasteiger partial charge in [0, 0.05) is 19.6 Å². The van der Waals surface area contributed by atoms with Crippen LogP contribution in [0, 0.1) is 5.41 Å². The summed E-state index contributed by atoms with van der Waals surface area (Å²) in [4.78, 5) is 12.7. The van der Waals surface area contributed by atoms with Crippen molar-refractivity contribution in [2.75, 3.05) is 13.1 Å². The number of benzene rings is 1. The minimum Gasteiger partial charge on any atom is -0.352 e. The summed E-state index contributed by atoms with van der Waals surface area (Å²) < 4.78 is 27.3. The number of piperidine rings is 1. The molecule has 0 aliphatic carbocycles. The van der Waals surface area contributed by atoms with Crippen molar-refractivity contribution >= 4 is 27.3 Å². The second kappa shape index (κ2) is 7.27. The van der Waals surface area contributed by atoms with Crippen LogP contribution in [0.3, 0.4) is 0 Å². The number of carbonyl (C=O) groups is 1. The number of sulfonamides is 1. The Morgan fingerprint density at radius 2 is 2.00 bits per heavy atom. The highest BCUT2D eigenvalue weighted by atomic mass is 32.2. The molecule has 1 aliphatic rings. The summed E-state index contributed by atoms with van der Waals surface area (Å²) in [5.41, 5.74) is 0.315. The molecule has 0 saturated carbocycles. The first-order valence-corrected chi connectivity index (χ1v) is 10.6. The normalized spacial score (nSPS) is 21.8. The van der Waals surface area contributed by atoms with Crippen LogP contribution in [0.1, 0.15) is 25.3 Å². The Kier molecular flexibility index (Phi) is 5.27. The van der Waals surface area contributed by atoms with Gasteiger partial charge in [-0.3, -0.25) is 4.79 Å². The minimum atomic E-state index is -3.52. The van der Waals surface area contributed by atoms with Crippen LogP contribution in [0.25, 0.3) is 0 Å². The fourth-order valence-electron chi connectivity index (χ4n) is 3.11. The quantitative estimate of drug-likeness (QED) is 0.870. The predicted molar refractivity (Wildman–Crippen MR) is 98.7 cm³/mol. The number of nitrogens with zero attached hydrogens (tertiary/aromatic N) is 1. The summed E-state index contributed by atoms with van der Waals surface area (Å²) in [5.74, 6) is -0.0950. The molecule has 1 saturated heterocycles. The molecule has 0 unspecified atom stereocenters. The summed E-state index contributed by atoms with van der Waals surface area (Å²) in [6.45, 7) is 2.98. The van der Waals surface area contributed by atoms with Crippen molar-refractivity contribution in [1.29, 1.82) is 0 Å². The molecule has 7 heteroatoms. The van der Waals surface area contributed by atoms with Gasteiger partial charge in [0.15, 0.2) is 0 Å². The summed E-state index contributed by atoms with van der Waals surface area (Å²) in [6.07, 6.45) is 1.37.